The molecule has 0 aromatic rings. The van der Waals surface area contributed by atoms with Crippen molar-refractivity contribution in [3.05, 3.63) is 0 Å². The van der Waals surface area contributed by atoms with E-state index >= 15 is 0 Å². The van der Waals surface area contributed by atoms with E-state index in [-0.39, 0.29) is 89.6 Å². The first-order valence-corrected chi connectivity index (χ1v) is 0. The minimum atomic E-state index is 0. The summed E-state index contributed by atoms with van der Waals surface area (Å²) in [5.74, 6) is 0. The second kappa shape index (κ2) is 17.1. The van der Waals surface area contributed by atoms with E-state index in [2.05, 4.69) is 0 Å². The molecule has 0 fully saturated rings. The topological polar surface area (TPSA) is 0 Å². The van der Waals surface area contributed by atoms with E-state index in [4.69, 9.17) is 0 Å². The number of hydrogen-bond donors (Lipinski definition) is 0. The van der Waals surface area contributed by atoms with Crippen LogP contribution < -0.4 is 18.9 Å². The van der Waals surface area contributed by atoms with Crippen LogP contribution in [0.15, 0.2) is 0 Å². The Morgan fingerprint density at radius 3 is 1.25 bits per heavy atom. The number of hydrogen-bond acceptors (Lipinski definition) is 0. The molecule has 0 heterocycles. The smallest absolute Gasteiger partial charge is 0 e. The fraction of sp³-hybridized carbons (Fsp3) is 0. The molecule has 0 amide bonds. The molecule has 0 N–H and O–H groups in total. The Kier molecular flexibility index (Phi) is 125. The Labute approximate surface area is 88.4 Å². The Balaban J connectivity index is 0. The van der Waals surface area contributed by atoms with Crippen LogP contribution in [0.25, 0.3) is 0 Å². The van der Waals surface area contributed by atoms with Crippen molar-refractivity contribution in [1.29, 1.82) is 0 Å². The largest absolute Gasteiger partial charge is 0 e. The molecule has 0 aliphatic rings. The molecular formula is H5LiMgSnZn. The van der Waals surface area contributed by atoms with Crippen molar-refractivity contribution in [2.24, 2.45) is 0 Å². The average molecular weight is 220 g/mol. The molecule has 14 valence electrons. The van der Waals surface area contributed by atoms with Gasteiger partial charge in [0.25, 0.3) is 0 Å². The molecule has 0 nitrogen and oxygen atoms in total. The molecule has 0 aliphatic heterocycles. The van der Waals surface area contributed by atoms with Crippen LogP contribution in [0.1, 0.15) is 4.28 Å². The molecule has 0 rings (SSSR count). The normalized spacial score (nSPS) is 0. The summed E-state index contributed by atoms with van der Waals surface area (Å²) in [5, 5.41) is 0. The van der Waals surface area contributed by atoms with Gasteiger partial charge in [-0.1, -0.05) is 0 Å². The molecule has 4 heteroatoms. The molecule has 0 saturated heterocycles. The van der Waals surface area contributed by atoms with Gasteiger partial charge in [-0.2, -0.15) is 0 Å². The van der Waals surface area contributed by atoms with Gasteiger partial charge in [-0.25, -0.2) is 0 Å². The van der Waals surface area contributed by atoms with Crippen molar-refractivity contribution in [1.82, 2.24) is 0 Å². The van der Waals surface area contributed by atoms with Gasteiger partial charge in [-0.3, -0.25) is 0 Å². The Morgan fingerprint density at radius 1 is 1.25 bits per heavy atom. The predicted molar refractivity (Wildman–Crippen MR) is 17.6 cm³/mol. The maximum Gasteiger partial charge on any atom is 0 e. The van der Waals surface area contributed by atoms with Gasteiger partial charge in [-0.05, 0) is 0 Å². The monoisotopic (exact) mass is 220 g/mol. The van der Waals surface area contributed by atoms with Crippen molar-refractivity contribution in [3.63, 3.8) is 0 Å². The van der Waals surface area contributed by atoms with Crippen LogP contribution in [0.2, 0.25) is 0 Å². The predicted octanol–water partition coefficient (Wildman–Crippen LogP) is -3.96. The summed E-state index contributed by atoms with van der Waals surface area (Å²) < 4.78 is 0. The zero-order valence-corrected chi connectivity index (χ0v) is 11.5. The van der Waals surface area contributed by atoms with Gasteiger partial charge in [0.05, 0.1) is 0 Å². The van der Waals surface area contributed by atoms with Gasteiger partial charge in [-0.15, -0.1) is 0 Å². The minimum Gasteiger partial charge on any atom is 0 e. The van der Waals surface area contributed by atoms with Crippen LogP contribution >= 0.6 is 0 Å². The van der Waals surface area contributed by atoms with E-state index in [0.29, 0.717) is 0 Å². The average Bonchev–Trinajstić information content (AvgIpc) is 0. The molecule has 0 aliphatic carbocycles. The fourth-order valence-electron chi connectivity index (χ4n) is 0. The molecular weight excluding hydrogens is 215 g/mol. The molecule has 0 unspecified atom stereocenters. The van der Waals surface area contributed by atoms with Crippen molar-refractivity contribution < 1.29 is 42.6 Å². The summed E-state index contributed by atoms with van der Waals surface area (Å²) in [5.41, 5.74) is 0. The third-order valence-electron chi connectivity index (χ3n) is 0. The van der Waals surface area contributed by atoms with Crippen LogP contribution in [0.5, 0.6) is 0 Å². The van der Waals surface area contributed by atoms with Crippen LogP contribution in [0.3, 0.4) is 0 Å². The van der Waals surface area contributed by atoms with Crippen molar-refractivity contribution in [2.75, 3.05) is 0 Å². The van der Waals surface area contributed by atoms with E-state index in [1.54, 1.807) is 0 Å². The van der Waals surface area contributed by atoms with E-state index in [0.717, 1.165) is 0 Å². The molecule has 0 aromatic heterocycles. The summed E-state index contributed by atoms with van der Waals surface area (Å²) in [6.07, 6.45) is 0. The van der Waals surface area contributed by atoms with E-state index in [9.17, 15) is 0 Å². The Hall–Kier alpha value is 2.79. The van der Waals surface area contributed by atoms with Gasteiger partial charge < -0.3 is 4.28 Å². The SMILES string of the molecule is [H-].[H-].[H-].[Li+].[Mg+2].[SnH2].[Zn]. The molecule has 0 aromatic carbocycles. The van der Waals surface area contributed by atoms with Crippen molar-refractivity contribution in [2.45, 2.75) is 0 Å². The first kappa shape index (κ1) is 29.3. The summed E-state index contributed by atoms with van der Waals surface area (Å²) in [6.45, 7) is 0. The Morgan fingerprint density at radius 2 is 1.25 bits per heavy atom. The third kappa shape index (κ3) is 8.84. The first-order valence-electron chi connectivity index (χ1n) is 0. The van der Waals surface area contributed by atoms with Gasteiger partial charge in [0.15, 0.2) is 0 Å². The molecule has 0 saturated carbocycles. The molecule has 2 radical (unpaired) electrons. The van der Waals surface area contributed by atoms with Crippen LogP contribution in [0.4, 0.5) is 0 Å². The quantitative estimate of drug-likeness (QED) is 0.366. The Bertz CT molecular complexity index is 14.9. The van der Waals surface area contributed by atoms with Crippen LogP contribution in [-0.4, -0.2) is 47.0 Å². The second-order valence-corrected chi connectivity index (χ2v) is 0. The van der Waals surface area contributed by atoms with Gasteiger partial charge >= 0.3 is 65.8 Å². The zero-order valence-electron chi connectivity index (χ0n) is 6.12. The zero-order chi connectivity index (χ0) is 0. The summed E-state index contributed by atoms with van der Waals surface area (Å²) in [4.78, 5) is 0. The second-order valence-electron chi connectivity index (χ2n) is 0. The van der Waals surface area contributed by atoms with Gasteiger partial charge in [0.1, 0.15) is 0 Å². The van der Waals surface area contributed by atoms with E-state index < -0.39 is 0 Å². The first-order chi connectivity index (χ1) is 0. The molecule has 0 spiro atoms. The summed E-state index contributed by atoms with van der Waals surface area (Å²) in [7, 11) is 0. The maximum absolute atomic E-state index is 0. The van der Waals surface area contributed by atoms with E-state index in [1.807, 2.05) is 0 Å². The molecule has 0 bridgehead atoms. The fourth-order valence-corrected chi connectivity index (χ4v) is 0. The minimum absolute atomic E-state index is 0. The molecule has 0 atom stereocenters. The summed E-state index contributed by atoms with van der Waals surface area (Å²) >= 11 is 0. The van der Waals surface area contributed by atoms with Gasteiger partial charge in [0, 0.05) is 19.5 Å². The van der Waals surface area contributed by atoms with Crippen molar-refractivity contribution >= 4 is 47.0 Å². The standard InChI is InChI=1S/Li.Mg.Sn.Zn.5H/q+1;+2;;;;;3*-1. The van der Waals surface area contributed by atoms with Gasteiger partial charge in [0.2, 0.25) is 0 Å². The van der Waals surface area contributed by atoms with E-state index in [1.165, 1.54) is 0 Å². The third-order valence-corrected chi connectivity index (χ3v) is 0. The van der Waals surface area contributed by atoms with Crippen molar-refractivity contribution in [3.8, 4) is 0 Å². The van der Waals surface area contributed by atoms with Crippen LogP contribution in [0, 0.1) is 0 Å². The van der Waals surface area contributed by atoms with Crippen LogP contribution in [-0.2, 0) is 19.5 Å². The number of rotatable bonds is 0. The maximum atomic E-state index is 0. The molecule has 4 heavy (non-hydrogen) atoms. The summed E-state index contributed by atoms with van der Waals surface area (Å²) in [6, 6.07) is 0.